The number of imide groups is 1. The Morgan fingerprint density at radius 1 is 0.920 bits per heavy atom. The molecule has 1 aliphatic heterocycles. The summed E-state index contributed by atoms with van der Waals surface area (Å²) in [6.45, 7) is -0.132. The molecule has 0 fully saturated rings. The molecule has 0 aromatic heterocycles. The number of amides is 4. The largest absolute Gasteiger partial charge is 0.366 e. The summed E-state index contributed by atoms with van der Waals surface area (Å²) in [7, 11) is 0. The van der Waals surface area contributed by atoms with Crippen molar-refractivity contribution in [1.82, 2.24) is 10.2 Å². The van der Waals surface area contributed by atoms with E-state index < -0.39 is 23.6 Å². The molecule has 0 atom stereocenters. The molecule has 1 aliphatic rings. The van der Waals surface area contributed by atoms with Gasteiger partial charge in [0.05, 0.1) is 11.1 Å². The molecule has 0 saturated carbocycles. The Morgan fingerprint density at radius 2 is 1.48 bits per heavy atom. The molecule has 0 spiro atoms. The number of nitrogens with two attached hydrogens (primary N) is 1. The minimum atomic E-state index is -0.527. The first kappa shape index (κ1) is 16.4. The van der Waals surface area contributed by atoms with Crippen molar-refractivity contribution in [3.63, 3.8) is 0 Å². The summed E-state index contributed by atoms with van der Waals surface area (Å²) in [4.78, 5) is 48.4. The molecule has 3 N–H and O–H groups in total. The van der Waals surface area contributed by atoms with Gasteiger partial charge in [0, 0.05) is 12.1 Å². The van der Waals surface area contributed by atoms with E-state index in [-0.39, 0.29) is 13.1 Å². The number of nitrogens with zero attached hydrogens (tertiary/aromatic N) is 1. The van der Waals surface area contributed by atoms with Gasteiger partial charge >= 0.3 is 0 Å². The Labute approximate surface area is 143 Å². The number of rotatable bonds is 5. The van der Waals surface area contributed by atoms with Crippen LogP contribution in [0.15, 0.2) is 48.5 Å². The maximum atomic E-state index is 12.2. The molecule has 126 valence electrons. The highest BCUT2D eigenvalue weighted by atomic mass is 16.2. The highest BCUT2D eigenvalue weighted by Gasteiger charge is 2.36. The van der Waals surface area contributed by atoms with E-state index >= 15 is 0 Å². The Morgan fingerprint density at radius 3 is 2.00 bits per heavy atom. The van der Waals surface area contributed by atoms with Crippen LogP contribution in [0.2, 0.25) is 0 Å². The van der Waals surface area contributed by atoms with Crippen LogP contribution in [0.1, 0.15) is 36.6 Å². The summed E-state index contributed by atoms with van der Waals surface area (Å²) in [5, 5.41) is 2.64. The van der Waals surface area contributed by atoms with Crippen LogP contribution in [0.5, 0.6) is 0 Å². The molecule has 0 aliphatic carbocycles. The van der Waals surface area contributed by atoms with Gasteiger partial charge in [0.2, 0.25) is 11.8 Å². The van der Waals surface area contributed by atoms with Crippen LogP contribution in [0.4, 0.5) is 0 Å². The van der Waals surface area contributed by atoms with E-state index in [4.69, 9.17) is 5.73 Å². The molecule has 0 unspecified atom stereocenters. The fourth-order valence-corrected chi connectivity index (χ4v) is 2.57. The van der Waals surface area contributed by atoms with Gasteiger partial charge in [0.15, 0.2) is 0 Å². The molecule has 2 aromatic carbocycles. The number of carbonyl (C=O) groups excluding carboxylic acids is 4. The van der Waals surface area contributed by atoms with Crippen molar-refractivity contribution in [3.8, 4) is 0 Å². The third kappa shape index (κ3) is 3.25. The number of carbonyl (C=O) groups is 4. The van der Waals surface area contributed by atoms with E-state index in [1.165, 1.54) is 0 Å². The summed E-state index contributed by atoms with van der Waals surface area (Å²) in [6.07, 6.45) is 0. The first-order chi connectivity index (χ1) is 12.0. The first-order valence-corrected chi connectivity index (χ1v) is 7.58. The van der Waals surface area contributed by atoms with Crippen molar-refractivity contribution >= 4 is 23.6 Å². The number of primary amides is 1. The van der Waals surface area contributed by atoms with E-state index in [1.807, 2.05) is 0 Å². The maximum Gasteiger partial charge on any atom is 0.262 e. The minimum Gasteiger partial charge on any atom is -0.366 e. The van der Waals surface area contributed by atoms with Gasteiger partial charge in [-0.15, -0.1) is 0 Å². The Balaban J connectivity index is 1.59. The summed E-state index contributed by atoms with van der Waals surface area (Å²) >= 11 is 0. The summed E-state index contributed by atoms with van der Waals surface area (Å²) in [5.74, 6) is -1.92. The second kappa shape index (κ2) is 6.56. The van der Waals surface area contributed by atoms with Crippen molar-refractivity contribution in [1.29, 1.82) is 0 Å². The van der Waals surface area contributed by atoms with E-state index in [9.17, 15) is 19.2 Å². The van der Waals surface area contributed by atoms with Crippen LogP contribution in [0.3, 0.4) is 0 Å². The lowest BCUT2D eigenvalue weighted by Crippen LogP contribution is -2.40. The average molecular weight is 337 g/mol. The standard InChI is InChI=1S/C18H15N3O4/c19-16(23)12-7-5-11(6-8-12)9-20-15(22)10-21-17(24)13-3-1-2-4-14(13)18(21)25/h1-8H,9-10H2,(H2,19,23)(H,20,22). The quantitative estimate of drug-likeness (QED) is 0.783. The topological polar surface area (TPSA) is 110 Å². The molecule has 7 heteroatoms. The van der Waals surface area contributed by atoms with Crippen LogP contribution in [-0.4, -0.2) is 35.1 Å². The highest BCUT2D eigenvalue weighted by Crippen LogP contribution is 2.21. The fourth-order valence-electron chi connectivity index (χ4n) is 2.57. The van der Waals surface area contributed by atoms with Gasteiger partial charge in [-0.1, -0.05) is 24.3 Å². The van der Waals surface area contributed by atoms with Gasteiger partial charge in [-0.2, -0.15) is 0 Å². The second-order valence-corrected chi connectivity index (χ2v) is 5.58. The Hall–Kier alpha value is -3.48. The van der Waals surface area contributed by atoms with Gasteiger partial charge in [-0.05, 0) is 29.8 Å². The zero-order chi connectivity index (χ0) is 18.0. The normalized spacial score (nSPS) is 12.9. The summed E-state index contributed by atoms with van der Waals surface area (Å²) in [5.41, 5.74) is 6.92. The maximum absolute atomic E-state index is 12.2. The second-order valence-electron chi connectivity index (χ2n) is 5.58. The molecule has 2 aromatic rings. The molecule has 25 heavy (non-hydrogen) atoms. The zero-order valence-electron chi connectivity index (χ0n) is 13.2. The Kier molecular flexibility index (Phi) is 4.30. The summed E-state index contributed by atoms with van der Waals surface area (Å²) in [6, 6.07) is 12.9. The van der Waals surface area contributed by atoms with Gasteiger partial charge in [0.25, 0.3) is 11.8 Å². The average Bonchev–Trinajstić information content (AvgIpc) is 2.86. The molecule has 0 bridgehead atoms. The summed E-state index contributed by atoms with van der Waals surface area (Å²) < 4.78 is 0. The van der Waals surface area contributed by atoms with E-state index in [0.29, 0.717) is 16.7 Å². The number of hydrogen-bond donors (Lipinski definition) is 2. The molecule has 0 saturated heterocycles. The minimum absolute atomic E-state index is 0.209. The molecule has 3 rings (SSSR count). The lowest BCUT2D eigenvalue weighted by molar-refractivity contribution is -0.121. The van der Waals surface area contributed by atoms with Crippen LogP contribution < -0.4 is 11.1 Å². The zero-order valence-corrected chi connectivity index (χ0v) is 13.2. The first-order valence-electron chi connectivity index (χ1n) is 7.58. The highest BCUT2D eigenvalue weighted by molar-refractivity contribution is 6.22. The molecular formula is C18H15N3O4. The van der Waals surface area contributed by atoms with E-state index in [2.05, 4.69) is 5.32 Å². The third-order valence-corrected chi connectivity index (χ3v) is 3.91. The predicted molar refractivity (Wildman–Crippen MR) is 88.6 cm³/mol. The lowest BCUT2D eigenvalue weighted by atomic mass is 10.1. The number of hydrogen-bond acceptors (Lipinski definition) is 4. The van der Waals surface area contributed by atoms with E-state index in [1.54, 1.807) is 48.5 Å². The number of benzene rings is 2. The third-order valence-electron chi connectivity index (χ3n) is 3.91. The van der Waals surface area contributed by atoms with Crippen molar-refractivity contribution in [3.05, 3.63) is 70.8 Å². The van der Waals surface area contributed by atoms with Gasteiger partial charge < -0.3 is 11.1 Å². The molecule has 0 radical (unpaired) electrons. The predicted octanol–water partition coefficient (Wildman–Crippen LogP) is 0.698. The monoisotopic (exact) mass is 337 g/mol. The fraction of sp³-hybridized carbons (Fsp3) is 0.111. The number of fused-ring (bicyclic) bond motifs is 1. The number of nitrogens with one attached hydrogen (secondary N) is 1. The van der Waals surface area contributed by atoms with Crippen molar-refractivity contribution in [2.75, 3.05) is 6.54 Å². The Bertz CT molecular complexity index is 839. The van der Waals surface area contributed by atoms with Crippen LogP contribution >= 0.6 is 0 Å². The van der Waals surface area contributed by atoms with Crippen molar-refractivity contribution in [2.24, 2.45) is 5.73 Å². The molecule has 7 nitrogen and oxygen atoms in total. The molecule has 1 heterocycles. The van der Waals surface area contributed by atoms with Crippen LogP contribution in [-0.2, 0) is 11.3 Å². The van der Waals surface area contributed by atoms with Crippen molar-refractivity contribution < 1.29 is 19.2 Å². The molecule has 4 amide bonds. The van der Waals surface area contributed by atoms with Gasteiger partial charge in [-0.3, -0.25) is 24.1 Å². The SMILES string of the molecule is NC(=O)c1ccc(CNC(=O)CN2C(=O)c3ccccc3C2=O)cc1. The lowest BCUT2D eigenvalue weighted by Gasteiger charge is -2.13. The smallest absolute Gasteiger partial charge is 0.262 e. The van der Waals surface area contributed by atoms with Crippen LogP contribution in [0, 0.1) is 0 Å². The van der Waals surface area contributed by atoms with Crippen molar-refractivity contribution in [2.45, 2.75) is 6.54 Å². The van der Waals surface area contributed by atoms with E-state index in [0.717, 1.165) is 10.5 Å². The van der Waals surface area contributed by atoms with Crippen LogP contribution in [0.25, 0.3) is 0 Å². The molecular weight excluding hydrogens is 322 g/mol. The van der Waals surface area contributed by atoms with Gasteiger partial charge in [-0.25, -0.2) is 0 Å². The van der Waals surface area contributed by atoms with Gasteiger partial charge in [0.1, 0.15) is 6.54 Å².